The number of aromatic hydroxyl groups is 1. The number of carbonyl (C=O) groups is 1. The Balaban J connectivity index is 1.48. The predicted molar refractivity (Wildman–Crippen MR) is 114 cm³/mol. The maximum absolute atomic E-state index is 12.7. The Bertz CT molecular complexity index is 740. The van der Waals surface area contributed by atoms with Crippen molar-refractivity contribution in [2.75, 3.05) is 37.6 Å². The fraction of sp³-hybridized carbons (Fsp3) is 0.435. The van der Waals surface area contributed by atoms with Crippen molar-refractivity contribution in [3.05, 3.63) is 60.2 Å². The number of piperazine rings is 1. The van der Waals surface area contributed by atoms with Crippen LogP contribution in [0.5, 0.6) is 5.75 Å². The number of rotatable bonds is 7. The Kier molecular flexibility index (Phi) is 6.93. The van der Waals surface area contributed by atoms with E-state index in [1.165, 1.54) is 5.56 Å². The number of carbonyl (C=O) groups excluding carboxylic acids is 1. The molecule has 2 aromatic rings. The van der Waals surface area contributed by atoms with E-state index >= 15 is 0 Å². The molecule has 150 valence electrons. The first-order valence-corrected chi connectivity index (χ1v) is 10.2. The van der Waals surface area contributed by atoms with Crippen LogP contribution in [0.4, 0.5) is 5.69 Å². The number of hydrogen-bond donors (Lipinski definition) is 2. The number of amides is 1. The summed E-state index contributed by atoms with van der Waals surface area (Å²) in [5.74, 6) is 0.740. The van der Waals surface area contributed by atoms with Gasteiger partial charge in [-0.05, 0) is 43.2 Å². The van der Waals surface area contributed by atoms with E-state index in [1.807, 2.05) is 25.1 Å². The largest absolute Gasteiger partial charge is 0.508 e. The van der Waals surface area contributed by atoms with Crippen molar-refractivity contribution in [1.29, 1.82) is 0 Å². The molecule has 1 aliphatic heterocycles. The highest BCUT2D eigenvalue weighted by Gasteiger charge is 2.26. The lowest BCUT2D eigenvalue weighted by molar-refractivity contribution is -0.126. The molecular formula is C23H31N3O2. The lowest BCUT2D eigenvalue weighted by atomic mass is 9.96. The summed E-state index contributed by atoms with van der Waals surface area (Å²) in [6, 6.07) is 17.6. The fourth-order valence-electron chi connectivity index (χ4n) is 3.79. The van der Waals surface area contributed by atoms with Crippen LogP contribution in [-0.2, 0) is 4.79 Å². The minimum Gasteiger partial charge on any atom is -0.508 e. The van der Waals surface area contributed by atoms with Crippen LogP contribution in [0.25, 0.3) is 0 Å². The fourth-order valence-corrected chi connectivity index (χ4v) is 3.79. The zero-order valence-electron chi connectivity index (χ0n) is 16.8. The van der Waals surface area contributed by atoms with Gasteiger partial charge in [0.2, 0.25) is 5.91 Å². The number of benzene rings is 2. The van der Waals surface area contributed by atoms with Crippen LogP contribution in [0.3, 0.4) is 0 Å². The first-order chi connectivity index (χ1) is 13.6. The van der Waals surface area contributed by atoms with Gasteiger partial charge in [-0.3, -0.25) is 9.69 Å². The molecule has 0 saturated carbocycles. The van der Waals surface area contributed by atoms with Gasteiger partial charge in [0.05, 0.1) is 6.04 Å². The molecule has 1 heterocycles. The minimum absolute atomic E-state index is 0.104. The van der Waals surface area contributed by atoms with E-state index in [2.05, 4.69) is 46.3 Å². The second-order valence-electron chi connectivity index (χ2n) is 7.48. The lowest BCUT2D eigenvalue weighted by Crippen LogP contribution is -2.54. The number of nitrogens with one attached hydrogen (secondary N) is 1. The van der Waals surface area contributed by atoms with Gasteiger partial charge in [-0.25, -0.2) is 0 Å². The van der Waals surface area contributed by atoms with E-state index in [1.54, 1.807) is 12.1 Å². The summed E-state index contributed by atoms with van der Waals surface area (Å²) in [5, 5.41) is 12.6. The lowest BCUT2D eigenvalue weighted by Gasteiger charge is -2.38. The van der Waals surface area contributed by atoms with Crippen molar-refractivity contribution in [3.8, 4) is 5.75 Å². The van der Waals surface area contributed by atoms with Crippen LogP contribution in [-0.4, -0.2) is 54.7 Å². The molecule has 2 aromatic carbocycles. The number of phenolic OH excluding ortho intramolecular Hbond substituents is 1. The Morgan fingerprint density at radius 1 is 1.04 bits per heavy atom. The molecule has 0 bridgehead atoms. The number of hydrogen-bond acceptors (Lipinski definition) is 4. The first kappa shape index (κ1) is 20.2. The Morgan fingerprint density at radius 3 is 2.29 bits per heavy atom. The zero-order chi connectivity index (χ0) is 19.9. The first-order valence-electron chi connectivity index (χ1n) is 10.2. The summed E-state index contributed by atoms with van der Waals surface area (Å²) in [4.78, 5) is 17.2. The van der Waals surface area contributed by atoms with Crippen molar-refractivity contribution in [2.24, 2.45) is 0 Å². The van der Waals surface area contributed by atoms with Gasteiger partial charge in [0, 0.05) is 44.3 Å². The molecule has 5 nitrogen and oxygen atoms in total. The smallest absolute Gasteiger partial charge is 0.237 e. The number of phenols is 1. The van der Waals surface area contributed by atoms with Gasteiger partial charge in [-0.15, -0.1) is 0 Å². The summed E-state index contributed by atoms with van der Waals surface area (Å²) in [7, 11) is 0. The average Bonchev–Trinajstić information content (AvgIpc) is 2.75. The highest BCUT2D eigenvalue weighted by atomic mass is 16.3. The zero-order valence-corrected chi connectivity index (χ0v) is 16.8. The Hall–Kier alpha value is -2.53. The number of nitrogens with zero attached hydrogens (tertiary/aromatic N) is 2. The maximum atomic E-state index is 12.7. The van der Waals surface area contributed by atoms with Gasteiger partial charge in [0.1, 0.15) is 5.75 Å². The van der Waals surface area contributed by atoms with Crippen LogP contribution in [0.2, 0.25) is 0 Å². The minimum atomic E-state index is -0.129. The van der Waals surface area contributed by atoms with E-state index in [0.717, 1.165) is 38.3 Å². The van der Waals surface area contributed by atoms with Crippen LogP contribution >= 0.6 is 0 Å². The third-order valence-corrected chi connectivity index (χ3v) is 5.74. The summed E-state index contributed by atoms with van der Waals surface area (Å²) in [6.45, 7) is 8.30. The standard InChI is InChI=1S/C23H31N3O2/c1-3-19(20-7-5-4-6-8-20)17-24-23(28)18(2)25-13-15-26(16-14-25)21-9-11-22(27)12-10-21/h4-12,18-19,27H,3,13-17H2,1-2H3,(H,24,28)/t18-,19+/m1/s1. The molecule has 1 saturated heterocycles. The average molecular weight is 382 g/mol. The highest BCUT2D eigenvalue weighted by Crippen LogP contribution is 2.21. The topological polar surface area (TPSA) is 55.8 Å². The van der Waals surface area contributed by atoms with Crippen molar-refractivity contribution >= 4 is 11.6 Å². The van der Waals surface area contributed by atoms with E-state index in [4.69, 9.17) is 0 Å². The number of anilines is 1. The van der Waals surface area contributed by atoms with E-state index in [0.29, 0.717) is 12.5 Å². The predicted octanol–water partition coefficient (Wildman–Crippen LogP) is 3.21. The Morgan fingerprint density at radius 2 is 1.68 bits per heavy atom. The molecule has 1 aliphatic rings. The van der Waals surface area contributed by atoms with E-state index in [9.17, 15) is 9.90 Å². The van der Waals surface area contributed by atoms with Gasteiger partial charge < -0.3 is 15.3 Å². The van der Waals surface area contributed by atoms with Crippen LogP contribution in [0.1, 0.15) is 31.7 Å². The molecule has 1 fully saturated rings. The molecule has 2 N–H and O–H groups in total. The second kappa shape index (κ2) is 9.60. The van der Waals surface area contributed by atoms with Crippen molar-refractivity contribution in [1.82, 2.24) is 10.2 Å². The molecule has 0 aliphatic carbocycles. The van der Waals surface area contributed by atoms with Gasteiger partial charge in [-0.2, -0.15) is 0 Å². The van der Waals surface area contributed by atoms with Crippen LogP contribution in [0.15, 0.2) is 54.6 Å². The van der Waals surface area contributed by atoms with Gasteiger partial charge in [0.25, 0.3) is 0 Å². The molecule has 0 aromatic heterocycles. The summed E-state index contributed by atoms with van der Waals surface area (Å²) in [6.07, 6.45) is 1.00. The molecular weight excluding hydrogens is 350 g/mol. The quantitative estimate of drug-likeness (QED) is 0.773. The van der Waals surface area contributed by atoms with Gasteiger partial charge in [0.15, 0.2) is 0 Å². The van der Waals surface area contributed by atoms with Gasteiger partial charge >= 0.3 is 0 Å². The third-order valence-electron chi connectivity index (χ3n) is 5.74. The molecule has 5 heteroatoms. The molecule has 1 amide bonds. The van der Waals surface area contributed by atoms with E-state index < -0.39 is 0 Å². The van der Waals surface area contributed by atoms with Gasteiger partial charge in [-0.1, -0.05) is 37.3 Å². The Labute approximate surface area is 168 Å². The molecule has 0 spiro atoms. The van der Waals surface area contributed by atoms with Crippen molar-refractivity contribution in [3.63, 3.8) is 0 Å². The molecule has 28 heavy (non-hydrogen) atoms. The monoisotopic (exact) mass is 381 g/mol. The summed E-state index contributed by atoms with van der Waals surface area (Å²) in [5.41, 5.74) is 2.39. The SMILES string of the molecule is CC[C@@H](CNC(=O)[C@@H](C)N1CCN(c2ccc(O)cc2)CC1)c1ccccc1. The normalized spacial score (nSPS) is 17.1. The molecule has 3 rings (SSSR count). The molecule has 0 unspecified atom stereocenters. The molecule has 0 radical (unpaired) electrons. The molecule has 2 atom stereocenters. The van der Waals surface area contributed by atoms with Crippen LogP contribution in [0, 0.1) is 0 Å². The summed E-state index contributed by atoms with van der Waals surface area (Å²) >= 11 is 0. The maximum Gasteiger partial charge on any atom is 0.237 e. The van der Waals surface area contributed by atoms with Crippen molar-refractivity contribution < 1.29 is 9.90 Å². The van der Waals surface area contributed by atoms with E-state index in [-0.39, 0.29) is 17.7 Å². The second-order valence-corrected chi connectivity index (χ2v) is 7.48. The summed E-state index contributed by atoms with van der Waals surface area (Å²) < 4.78 is 0. The highest BCUT2D eigenvalue weighted by molar-refractivity contribution is 5.81. The third kappa shape index (κ3) is 5.04. The van der Waals surface area contributed by atoms with Crippen molar-refractivity contribution in [2.45, 2.75) is 32.2 Å². The van der Waals surface area contributed by atoms with Crippen LogP contribution < -0.4 is 10.2 Å².